The third-order valence-corrected chi connectivity index (χ3v) is 3.83. The van der Waals surface area contributed by atoms with Crippen molar-refractivity contribution < 1.29 is 23.6 Å². The summed E-state index contributed by atoms with van der Waals surface area (Å²) in [6.07, 6.45) is 1.15. The van der Waals surface area contributed by atoms with Crippen LogP contribution >= 0.6 is 0 Å². The Bertz CT molecular complexity index is 824. The van der Waals surface area contributed by atoms with E-state index in [1.54, 1.807) is 37.3 Å². The maximum absolute atomic E-state index is 13.8. The molecule has 0 aliphatic heterocycles. The van der Waals surface area contributed by atoms with Crippen LogP contribution in [0.15, 0.2) is 36.5 Å². The zero-order valence-corrected chi connectivity index (χ0v) is 14.8. The van der Waals surface area contributed by atoms with Gasteiger partial charge in [-0.25, -0.2) is 4.79 Å². The van der Waals surface area contributed by atoms with Gasteiger partial charge in [-0.3, -0.25) is 19.6 Å². The smallest absolute Gasteiger partial charge is 0.329 e. The van der Waals surface area contributed by atoms with Gasteiger partial charge in [0.15, 0.2) is 0 Å². The van der Waals surface area contributed by atoms with Crippen LogP contribution in [-0.2, 0) is 16.6 Å². The van der Waals surface area contributed by atoms with Gasteiger partial charge in [-0.1, -0.05) is 30.3 Å². The summed E-state index contributed by atoms with van der Waals surface area (Å²) >= 11 is 0. The van der Waals surface area contributed by atoms with E-state index in [4.69, 9.17) is 4.74 Å². The second-order valence-electron chi connectivity index (χ2n) is 5.74. The Balaban J connectivity index is 2.38. The zero-order chi connectivity index (χ0) is 20.0. The standard InChI is InChI=1S/C17H19FN4O5/c1-3-27-17(24)14(19-16(23)13-9-21(2)20-15(13)18)12(10-22(25)26)11-7-5-4-6-8-11/h4-9,12,14H,3,10H2,1-2H3,(H,19,23)/t12-,14?/m1/s1. The number of hydrogen-bond acceptors (Lipinski definition) is 6. The first kappa shape index (κ1) is 20.0. The molecular formula is C17H19FN4O5. The predicted molar refractivity (Wildman–Crippen MR) is 92.1 cm³/mol. The Labute approximate surface area is 154 Å². The minimum atomic E-state index is -1.37. The minimum absolute atomic E-state index is 0.0203. The van der Waals surface area contributed by atoms with E-state index in [1.165, 1.54) is 7.05 Å². The highest BCUT2D eigenvalue weighted by molar-refractivity contribution is 5.96. The molecule has 0 saturated carbocycles. The Hall–Kier alpha value is -3.30. The first-order valence-electron chi connectivity index (χ1n) is 8.16. The van der Waals surface area contributed by atoms with Crippen molar-refractivity contribution in [2.45, 2.75) is 18.9 Å². The average molecular weight is 378 g/mol. The summed E-state index contributed by atoms with van der Waals surface area (Å²) in [5.74, 6) is -3.76. The quantitative estimate of drug-likeness (QED) is 0.420. The number of hydrogen-bond donors (Lipinski definition) is 1. The highest BCUT2D eigenvalue weighted by Gasteiger charge is 2.36. The molecule has 1 heterocycles. The second kappa shape index (κ2) is 8.88. The summed E-state index contributed by atoms with van der Waals surface area (Å²) in [5.41, 5.74) is 0.0962. The summed E-state index contributed by atoms with van der Waals surface area (Å²) in [7, 11) is 1.43. The third kappa shape index (κ3) is 5.09. The van der Waals surface area contributed by atoms with Gasteiger partial charge in [0.05, 0.1) is 12.5 Å². The van der Waals surface area contributed by atoms with Crippen LogP contribution in [0.25, 0.3) is 0 Å². The molecule has 1 aromatic heterocycles. The van der Waals surface area contributed by atoms with E-state index in [1.807, 2.05) is 0 Å². The molecule has 2 aromatic rings. The lowest BCUT2D eigenvalue weighted by molar-refractivity contribution is -0.483. The summed E-state index contributed by atoms with van der Waals surface area (Å²) < 4.78 is 19.9. The Kier molecular flexibility index (Phi) is 6.58. The molecule has 0 bridgehead atoms. The number of aromatic nitrogens is 2. The number of aryl methyl sites for hydroxylation is 1. The van der Waals surface area contributed by atoms with Crippen LogP contribution in [0.4, 0.5) is 4.39 Å². The largest absolute Gasteiger partial charge is 0.464 e. The molecule has 0 aliphatic rings. The van der Waals surface area contributed by atoms with Crippen molar-refractivity contribution in [2.24, 2.45) is 7.05 Å². The molecule has 0 spiro atoms. The van der Waals surface area contributed by atoms with Gasteiger partial charge in [0, 0.05) is 18.2 Å². The van der Waals surface area contributed by atoms with Crippen molar-refractivity contribution in [1.29, 1.82) is 0 Å². The molecule has 0 radical (unpaired) electrons. The van der Waals surface area contributed by atoms with Gasteiger partial charge in [0.2, 0.25) is 12.5 Å². The minimum Gasteiger partial charge on any atom is -0.464 e. The highest BCUT2D eigenvalue weighted by atomic mass is 19.1. The fraction of sp³-hybridized carbons (Fsp3) is 0.353. The SMILES string of the molecule is CCOC(=O)C(NC(=O)c1cn(C)nc1F)[C@H](C[N+](=O)[O-])c1ccccc1. The van der Waals surface area contributed by atoms with Crippen molar-refractivity contribution in [2.75, 3.05) is 13.2 Å². The monoisotopic (exact) mass is 378 g/mol. The van der Waals surface area contributed by atoms with Gasteiger partial charge in [-0.2, -0.15) is 4.39 Å². The van der Waals surface area contributed by atoms with Gasteiger partial charge < -0.3 is 10.1 Å². The van der Waals surface area contributed by atoms with E-state index in [2.05, 4.69) is 10.4 Å². The van der Waals surface area contributed by atoms with Crippen molar-refractivity contribution >= 4 is 11.9 Å². The highest BCUT2D eigenvalue weighted by Crippen LogP contribution is 2.22. The number of carbonyl (C=O) groups excluding carboxylic acids is 2. The summed E-state index contributed by atoms with van der Waals surface area (Å²) in [6.45, 7) is 0.971. The van der Waals surface area contributed by atoms with Crippen LogP contribution in [0.5, 0.6) is 0 Å². The van der Waals surface area contributed by atoms with Crippen LogP contribution in [0.1, 0.15) is 28.8 Å². The molecule has 0 aliphatic carbocycles. The molecule has 1 amide bonds. The maximum Gasteiger partial charge on any atom is 0.329 e. The molecule has 144 valence electrons. The Morgan fingerprint density at radius 2 is 2.04 bits per heavy atom. The van der Waals surface area contributed by atoms with Gasteiger partial charge in [0.1, 0.15) is 11.6 Å². The lowest BCUT2D eigenvalue weighted by atomic mass is 9.91. The van der Waals surface area contributed by atoms with Crippen LogP contribution < -0.4 is 5.32 Å². The van der Waals surface area contributed by atoms with Crippen LogP contribution in [0.2, 0.25) is 0 Å². The normalized spacial score (nSPS) is 12.9. The molecule has 2 rings (SSSR count). The number of nitrogens with one attached hydrogen (secondary N) is 1. The molecule has 1 N–H and O–H groups in total. The fourth-order valence-corrected chi connectivity index (χ4v) is 2.65. The van der Waals surface area contributed by atoms with Crippen LogP contribution in [0.3, 0.4) is 0 Å². The number of esters is 1. The number of amides is 1. The van der Waals surface area contributed by atoms with Gasteiger partial charge in [-0.15, -0.1) is 5.10 Å². The number of nitro groups is 1. The molecule has 1 aromatic carbocycles. The summed E-state index contributed by atoms with van der Waals surface area (Å²) in [4.78, 5) is 35.4. The van der Waals surface area contributed by atoms with Crippen LogP contribution in [0, 0.1) is 16.1 Å². The number of nitrogens with zero attached hydrogens (tertiary/aromatic N) is 3. The summed E-state index contributed by atoms with van der Waals surface area (Å²) in [6, 6.07) is 6.88. The lowest BCUT2D eigenvalue weighted by Gasteiger charge is -2.24. The Morgan fingerprint density at radius 1 is 1.37 bits per heavy atom. The van der Waals surface area contributed by atoms with E-state index >= 15 is 0 Å². The van der Waals surface area contributed by atoms with Crippen molar-refractivity contribution in [3.63, 3.8) is 0 Å². The number of halogens is 1. The van der Waals surface area contributed by atoms with Gasteiger partial charge >= 0.3 is 5.97 Å². The first-order chi connectivity index (χ1) is 12.8. The first-order valence-corrected chi connectivity index (χ1v) is 8.16. The number of benzene rings is 1. The third-order valence-electron chi connectivity index (χ3n) is 3.83. The van der Waals surface area contributed by atoms with E-state index in [0.717, 1.165) is 10.9 Å². The van der Waals surface area contributed by atoms with E-state index in [-0.39, 0.29) is 12.2 Å². The van der Waals surface area contributed by atoms with Crippen molar-refractivity contribution in [1.82, 2.24) is 15.1 Å². The fourth-order valence-electron chi connectivity index (χ4n) is 2.65. The predicted octanol–water partition coefficient (Wildman–Crippen LogP) is 1.28. The molecule has 0 saturated heterocycles. The van der Waals surface area contributed by atoms with Crippen molar-refractivity contribution in [3.8, 4) is 0 Å². The lowest BCUT2D eigenvalue weighted by Crippen LogP contribution is -2.47. The van der Waals surface area contributed by atoms with Gasteiger partial charge in [0.25, 0.3) is 5.91 Å². The van der Waals surface area contributed by atoms with E-state index in [9.17, 15) is 24.1 Å². The molecule has 27 heavy (non-hydrogen) atoms. The molecular weight excluding hydrogens is 359 g/mol. The number of rotatable bonds is 8. The molecule has 2 atom stereocenters. The van der Waals surface area contributed by atoms with Gasteiger partial charge in [-0.05, 0) is 12.5 Å². The van der Waals surface area contributed by atoms with E-state index < -0.39 is 41.3 Å². The molecule has 1 unspecified atom stereocenters. The molecule has 9 nitrogen and oxygen atoms in total. The maximum atomic E-state index is 13.8. The average Bonchev–Trinajstić information content (AvgIpc) is 2.97. The topological polar surface area (TPSA) is 116 Å². The van der Waals surface area contributed by atoms with Crippen LogP contribution in [-0.4, -0.2) is 45.8 Å². The number of carbonyl (C=O) groups is 2. The molecule has 10 heteroatoms. The molecule has 0 fully saturated rings. The summed E-state index contributed by atoms with van der Waals surface area (Å²) in [5, 5.41) is 17.0. The van der Waals surface area contributed by atoms with E-state index in [0.29, 0.717) is 5.56 Å². The Morgan fingerprint density at radius 3 is 2.56 bits per heavy atom. The van der Waals surface area contributed by atoms with Crippen molar-refractivity contribution in [3.05, 3.63) is 63.7 Å². The number of ether oxygens (including phenoxy) is 1. The second-order valence-corrected chi connectivity index (χ2v) is 5.74. The zero-order valence-electron chi connectivity index (χ0n) is 14.8.